The molecular weight excluding hydrogens is 531 g/mol. The first kappa shape index (κ1) is 28.1. The molecule has 3 aliphatic rings. The van der Waals surface area contributed by atoms with E-state index in [1.54, 1.807) is 4.90 Å². The molecular formula is C33H37FN6O2. The topological polar surface area (TPSA) is 85.6 Å². The second-order valence-corrected chi connectivity index (χ2v) is 11.6. The summed E-state index contributed by atoms with van der Waals surface area (Å²) >= 11 is 0. The summed E-state index contributed by atoms with van der Waals surface area (Å²) in [4.78, 5) is 28.1. The number of nitriles is 1. The van der Waals surface area contributed by atoms with Crippen LogP contribution in [0.15, 0.2) is 43.0 Å². The van der Waals surface area contributed by atoms with E-state index >= 15 is 4.39 Å². The van der Waals surface area contributed by atoms with Crippen molar-refractivity contribution < 1.29 is 13.9 Å². The molecule has 218 valence electrons. The maximum absolute atomic E-state index is 16.0. The average molecular weight is 569 g/mol. The van der Waals surface area contributed by atoms with Crippen molar-refractivity contribution in [2.75, 3.05) is 44.7 Å². The number of hydrogen-bond donors (Lipinski definition) is 0. The Morgan fingerprint density at radius 2 is 2.00 bits per heavy atom. The van der Waals surface area contributed by atoms with Gasteiger partial charge in [0.05, 0.1) is 24.0 Å². The van der Waals surface area contributed by atoms with Gasteiger partial charge in [0, 0.05) is 36.6 Å². The Kier molecular flexibility index (Phi) is 8.07. The fraction of sp³-hybridized carbons (Fsp3) is 0.455. The number of fused-ring (bicyclic) bond motifs is 2. The summed E-state index contributed by atoms with van der Waals surface area (Å²) in [6.45, 7) is 6.40. The number of hydrogen-bond acceptors (Lipinski definition) is 7. The van der Waals surface area contributed by atoms with Crippen molar-refractivity contribution in [2.24, 2.45) is 0 Å². The van der Waals surface area contributed by atoms with Gasteiger partial charge in [-0.05, 0) is 87.0 Å². The van der Waals surface area contributed by atoms with E-state index < -0.39 is 0 Å². The number of piperazine rings is 1. The van der Waals surface area contributed by atoms with Crippen LogP contribution in [0, 0.1) is 17.1 Å². The van der Waals surface area contributed by atoms with E-state index in [2.05, 4.69) is 30.7 Å². The third-order valence-corrected chi connectivity index (χ3v) is 9.07. The van der Waals surface area contributed by atoms with Crippen LogP contribution in [0.1, 0.15) is 43.2 Å². The minimum absolute atomic E-state index is 0.175. The molecule has 3 heterocycles. The van der Waals surface area contributed by atoms with Crippen molar-refractivity contribution in [3.8, 4) is 23.2 Å². The quantitative estimate of drug-likeness (QED) is 0.375. The van der Waals surface area contributed by atoms with Crippen molar-refractivity contribution in [3.63, 3.8) is 0 Å². The summed E-state index contributed by atoms with van der Waals surface area (Å²) in [5.41, 5.74) is 4.59. The molecule has 3 aromatic rings. The zero-order chi connectivity index (χ0) is 29.2. The molecule has 2 saturated heterocycles. The molecule has 6 rings (SSSR count). The molecule has 0 spiro atoms. The molecule has 2 atom stereocenters. The highest BCUT2D eigenvalue weighted by Crippen LogP contribution is 2.37. The molecule has 9 heteroatoms. The van der Waals surface area contributed by atoms with Crippen LogP contribution in [0.25, 0.3) is 22.0 Å². The van der Waals surface area contributed by atoms with Gasteiger partial charge in [-0.15, -0.1) is 0 Å². The predicted molar refractivity (Wildman–Crippen MR) is 161 cm³/mol. The number of halogens is 1. The maximum Gasteiger partial charge on any atom is 0.319 e. The maximum atomic E-state index is 16.0. The van der Waals surface area contributed by atoms with E-state index in [1.807, 2.05) is 23.1 Å². The second-order valence-electron chi connectivity index (χ2n) is 11.6. The Morgan fingerprint density at radius 1 is 1.14 bits per heavy atom. The normalized spacial score (nSPS) is 20.8. The molecule has 1 amide bonds. The molecule has 8 nitrogen and oxygen atoms in total. The number of nitrogens with zero attached hydrogens (tertiary/aromatic N) is 6. The summed E-state index contributed by atoms with van der Waals surface area (Å²) in [5.74, 6) is 0.0413. The van der Waals surface area contributed by atoms with Crippen LogP contribution in [-0.2, 0) is 17.6 Å². The smallest absolute Gasteiger partial charge is 0.319 e. The largest absolute Gasteiger partial charge is 0.462 e. The first-order valence-corrected chi connectivity index (χ1v) is 15.0. The first-order valence-electron chi connectivity index (χ1n) is 15.0. The second kappa shape index (κ2) is 12.1. The van der Waals surface area contributed by atoms with Gasteiger partial charge in [0.15, 0.2) is 0 Å². The molecule has 2 aromatic carbocycles. The SMILES string of the molecule is C=CC(=O)N1CCN(c2nc(OCC3CCCN3C)nc3cc(-c4cccc5c4CCCC5)c(F)cc23)CC1CC#N. The van der Waals surface area contributed by atoms with Crippen molar-refractivity contribution in [1.82, 2.24) is 19.8 Å². The van der Waals surface area contributed by atoms with Crippen molar-refractivity contribution in [2.45, 2.75) is 57.0 Å². The van der Waals surface area contributed by atoms with Gasteiger partial charge in [0.1, 0.15) is 18.2 Å². The van der Waals surface area contributed by atoms with Gasteiger partial charge in [0.25, 0.3) is 0 Å². The third-order valence-electron chi connectivity index (χ3n) is 9.07. The van der Waals surface area contributed by atoms with Gasteiger partial charge < -0.3 is 19.4 Å². The van der Waals surface area contributed by atoms with Crippen LogP contribution in [0.3, 0.4) is 0 Å². The molecule has 0 radical (unpaired) electrons. The lowest BCUT2D eigenvalue weighted by Gasteiger charge is -2.41. The number of rotatable bonds is 7. The Labute approximate surface area is 246 Å². The molecule has 42 heavy (non-hydrogen) atoms. The van der Waals surface area contributed by atoms with Gasteiger partial charge >= 0.3 is 6.01 Å². The summed E-state index contributed by atoms with van der Waals surface area (Å²) in [5, 5.41) is 10.1. The first-order chi connectivity index (χ1) is 20.5. The standard InChI is InChI=1S/C33H37FN6O2/c1-3-31(41)40-17-16-39(20-23(40)13-14-35)32-28-18-29(34)27(26-12-6-9-22-8-4-5-11-25(22)26)19-30(28)36-33(37-32)42-21-24-10-7-15-38(24)2/h3,6,9,12,18-19,23-24H,1,4-5,7-8,10-11,13,15-17,20-21H2,2H3. The minimum atomic E-state index is -0.337. The Morgan fingerprint density at radius 3 is 2.79 bits per heavy atom. The van der Waals surface area contributed by atoms with Crippen LogP contribution in [0.4, 0.5) is 10.2 Å². The molecule has 1 aliphatic carbocycles. The monoisotopic (exact) mass is 568 g/mol. The number of amides is 1. The van der Waals surface area contributed by atoms with E-state index in [-0.39, 0.29) is 30.2 Å². The minimum Gasteiger partial charge on any atom is -0.462 e. The summed E-state index contributed by atoms with van der Waals surface area (Å²) in [7, 11) is 2.10. The van der Waals surface area contributed by atoms with Crippen LogP contribution in [-0.4, -0.2) is 77.6 Å². The fourth-order valence-corrected chi connectivity index (χ4v) is 6.75. The average Bonchev–Trinajstić information content (AvgIpc) is 3.43. The number of likely N-dealkylation sites (tertiary alicyclic amines) is 1. The molecule has 2 aliphatic heterocycles. The lowest BCUT2D eigenvalue weighted by molar-refractivity contribution is -0.128. The molecule has 2 unspecified atom stereocenters. The van der Waals surface area contributed by atoms with E-state index in [9.17, 15) is 10.1 Å². The van der Waals surface area contributed by atoms with Crippen LogP contribution in [0.5, 0.6) is 6.01 Å². The Hall–Kier alpha value is -4.03. The highest BCUT2D eigenvalue weighted by Gasteiger charge is 2.32. The van der Waals surface area contributed by atoms with E-state index in [0.29, 0.717) is 54.6 Å². The molecule has 0 N–H and O–H groups in total. The summed E-state index contributed by atoms with van der Waals surface area (Å²) < 4.78 is 22.2. The van der Waals surface area contributed by atoms with Crippen molar-refractivity contribution in [3.05, 3.63) is 59.9 Å². The molecule has 0 saturated carbocycles. The molecule has 2 fully saturated rings. The predicted octanol–water partition coefficient (Wildman–Crippen LogP) is 4.90. The number of aryl methyl sites for hydroxylation is 1. The number of carbonyl (C=O) groups is 1. The van der Waals surface area contributed by atoms with E-state index in [0.717, 1.165) is 50.6 Å². The van der Waals surface area contributed by atoms with Crippen LogP contribution < -0.4 is 9.64 Å². The highest BCUT2D eigenvalue weighted by atomic mass is 19.1. The van der Waals surface area contributed by atoms with Gasteiger partial charge in [-0.1, -0.05) is 24.8 Å². The Balaban J connectivity index is 1.42. The highest BCUT2D eigenvalue weighted by molar-refractivity contribution is 5.94. The van der Waals surface area contributed by atoms with Gasteiger partial charge in [-0.25, -0.2) is 4.39 Å². The number of anilines is 1. The van der Waals surface area contributed by atoms with Crippen LogP contribution in [0.2, 0.25) is 0 Å². The molecule has 1 aromatic heterocycles. The number of benzene rings is 2. The lowest BCUT2D eigenvalue weighted by atomic mass is 9.85. The van der Waals surface area contributed by atoms with Gasteiger partial charge in [0.2, 0.25) is 5.91 Å². The lowest BCUT2D eigenvalue weighted by Crippen LogP contribution is -2.55. The van der Waals surface area contributed by atoms with Gasteiger partial charge in [-0.3, -0.25) is 4.79 Å². The zero-order valence-corrected chi connectivity index (χ0v) is 24.2. The third kappa shape index (κ3) is 5.43. The molecule has 0 bridgehead atoms. The number of aromatic nitrogens is 2. The summed E-state index contributed by atoms with van der Waals surface area (Å²) in [6, 6.07) is 12.0. The fourth-order valence-electron chi connectivity index (χ4n) is 6.75. The zero-order valence-electron chi connectivity index (χ0n) is 24.2. The number of likely N-dealkylation sites (N-methyl/N-ethyl adjacent to an activating group) is 1. The van der Waals surface area contributed by atoms with E-state index in [4.69, 9.17) is 14.7 Å². The van der Waals surface area contributed by atoms with Crippen LogP contribution >= 0.6 is 0 Å². The summed E-state index contributed by atoms with van der Waals surface area (Å²) in [6.07, 6.45) is 7.86. The Bertz CT molecular complexity index is 1550. The van der Waals surface area contributed by atoms with E-state index in [1.165, 1.54) is 23.3 Å². The van der Waals surface area contributed by atoms with Gasteiger partial charge in [-0.2, -0.15) is 15.2 Å². The van der Waals surface area contributed by atoms with Crippen molar-refractivity contribution in [1.29, 1.82) is 5.26 Å². The number of ether oxygens (including phenoxy) is 1. The number of carbonyl (C=O) groups excluding carboxylic acids is 1. The van der Waals surface area contributed by atoms with Crippen molar-refractivity contribution >= 4 is 22.6 Å².